The number of halogens is 4. The van der Waals surface area contributed by atoms with Gasteiger partial charge in [0.05, 0.1) is 10.6 Å². The molecule has 5 rings (SSSR count). The van der Waals surface area contributed by atoms with Crippen molar-refractivity contribution in [2.75, 3.05) is 5.32 Å². The number of imidazole rings is 1. The SMILES string of the molecule is C[C@@H](Nc1nc(C(=O)O)nc2nc(-c3ccccc3Cl)n(Cc3ccc(C(F)(F)F)cc3)c12)C1CC1. The predicted octanol–water partition coefficient (Wildman–Crippen LogP) is 6.12. The van der Waals surface area contributed by atoms with Crippen LogP contribution in [-0.2, 0) is 12.7 Å². The van der Waals surface area contributed by atoms with Gasteiger partial charge < -0.3 is 15.0 Å². The lowest BCUT2D eigenvalue weighted by Crippen LogP contribution is -2.20. The molecule has 1 atom stereocenters. The fourth-order valence-electron chi connectivity index (χ4n) is 4.15. The van der Waals surface area contributed by atoms with E-state index >= 15 is 0 Å². The summed E-state index contributed by atoms with van der Waals surface area (Å²) in [6, 6.07) is 11.9. The van der Waals surface area contributed by atoms with Gasteiger partial charge in [-0.05, 0) is 55.5 Å². The van der Waals surface area contributed by atoms with Gasteiger partial charge in [-0.1, -0.05) is 35.9 Å². The number of hydrogen-bond acceptors (Lipinski definition) is 5. The summed E-state index contributed by atoms with van der Waals surface area (Å²) >= 11 is 6.46. The standard InChI is InChI=1S/C25H21ClF3N5O2/c1-13(15-8-9-15)30-20-19-21(32-22(31-20)24(35)36)33-23(17-4-2-3-5-18(17)26)34(19)12-14-6-10-16(11-7-14)25(27,28)29/h2-7,10-11,13,15H,8-9,12H2,1H3,(H,35,36)(H,30,31,32)/t13-/m1/s1. The van der Waals surface area contributed by atoms with Crippen LogP contribution in [0.2, 0.25) is 5.02 Å². The predicted molar refractivity (Wildman–Crippen MR) is 129 cm³/mol. The summed E-state index contributed by atoms with van der Waals surface area (Å²) < 4.78 is 41.0. The molecule has 0 amide bonds. The Morgan fingerprint density at radius 3 is 2.44 bits per heavy atom. The topological polar surface area (TPSA) is 92.9 Å². The molecule has 2 aromatic carbocycles. The summed E-state index contributed by atoms with van der Waals surface area (Å²) in [5.74, 6) is -0.560. The Hall–Kier alpha value is -3.66. The average Bonchev–Trinajstić information content (AvgIpc) is 3.62. The van der Waals surface area contributed by atoms with E-state index in [-0.39, 0.29) is 18.2 Å². The second-order valence-electron chi connectivity index (χ2n) is 8.84. The summed E-state index contributed by atoms with van der Waals surface area (Å²) in [5, 5.41) is 13.3. The lowest BCUT2D eigenvalue weighted by Gasteiger charge is -2.17. The van der Waals surface area contributed by atoms with Crippen LogP contribution in [0.15, 0.2) is 48.5 Å². The molecule has 0 bridgehead atoms. The third kappa shape index (κ3) is 4.73. The fraction of sp³-hybridized carbons (Fsp3) is 0.280. The number of aromatic carboxylic acids is 1. The second kappa shape index (κ2) is 9.09. The van der Waals surface area contributed by atoms with Gasteiger partial charge in [-0.15, -0.1) is 0 Å². The number of hydrogen-bond donors (Lipinski definition) is 2. The first-order chi connectivity index (χ1) is 17.1. The third-order valence-corrected chi connectivity index (χ3v) is 6.55. The molecule has 11 heteroatoms. The van der Waals surface area contributed by atoms with Gasteiger partial charge in [0.15, 0.2) is 11.5 Å². The highest BCUT2D eigenvalue weighted by Crippen LogP contribution is 2.37. The van der Waals surface area contributed by atoms with Crippen molar-refractivity contribution < 1.29 is 23.1 Å². The van der Waals surface area contributed by atoms with Crippen molar-refractivity contribution in [2.45, 2.75) is 38.5 Å². The van der Waals surface area contributed by atoms with Crippen LogP contribution in [0.25, 0.3) is 22.6 Å². The zero-order chi connectivity index (χ0) is 25.6. The van der Waals surface area contributed by atoms with Crippen molar-refractivity contribution in [1.82, 2.24) is 19.5 Å². The monoisotopic (exact) mass is 515 g/mol. The van der Waals surface area contributed by atoms with E-state index in [2.05, 4.69) is 20.3 Å². The molecule has 1 fully saturated rings. The molecule has 0 spiro atoms. The number of carboxylic acid groups (broad SMARTS) is 1. The molecule has 1 aliphatic rings. The molecule has 186 valence electrons. The van der Waals surface area contributed by atoms with Crippen molar-refractivity contribution in [1.29, 1.82) is 0 Å². The summed E-state index contributed by atoms with van der Waals surface area (Å²) in [5.41, 5.74) is 1.00. The first kappa shape index (κ1) is 24.1. The Morgan fingerprint density at radius 1 is 1.14 bits per heavy atom. The molecule has 0 aliphatic heterocycles. The molecule has 2 aromatic heterocycles. The second-order valence-corrected chi connectivity index (χ2v) is 9.25. The van der Waals surface area contributed by atoms with E-state index in [9.17, 15) is 23.1 Å². The lowest BCUT2D eigenvalue weighted by atomic mass is 10.1. The van der Waals surface area contributed by atoms with E-state index < -0.39 is 23.5 Å². The van der Waals surface area contributed by atoms with E-state index in [0.29, 0.717) is 39.2 Å². The maximum absolute atomic E-state index is 13.1. The highest BCUT2D eigenvalue weighted by molar-refractivity contribution is 6.33. The third-order valence-electron chi connectivity index (χ3n) is 6.22. The number of anilines is 1. The van der Waals surface area contributed by atoms with Gasteiger partial charge in [0.25, 0.3) is 0 Å². The van der Waals surface area contributed by atoms with Crippen LogP contribution in [0.5, 0.6) is 0 Å². The number of aromatic nitrogens is 4. The molecule has 2 N–H and O–H groups in total. The summed E-state index contributed by atoms with van der Waals surface area (Å²) in [6.07, 6.45) is -2.33. The highest BCUT2D eigenvalue weighted by Gasteiger charge is 2.31. The molecule has 2 heterocycles. The number of alkyl halides is 3. The van der Waals surface area contributed by atoms with Crippen molar-refractivity contribution in [2.24, 2.45) is 5.92 Å². The van der Waals surface area contributed by atoms with Gasteiger partial charge in [0, 0.05) is 18.2 Å². The van der Waals surface area contributed by atoms with E-state index in [0.717, 1.165) is 25.0 Å². The quantitative estimate of drug-likeness (QED) is 0.308. The molecular weight excluding hydrogens is 495 g/mol. The summed E-state index contributed by atoms with van der Waals surface area (Å²) in [6.45, 7) is 2.13. The van der Waals surface area contributed by atoms with Crippen LogP contribution in [0.3, 0.4) is 0 Å². The largest absolute Gasteiger partial charge is 0.475 e. The Morgan fingerprint density at radius 2 is 1.83 bits per heavy atom. The van der Waals surface area contributed by atoms with Crippen molar-refractivity contribution >= 4 is 34.6 Å². The minimum Gasteiger partial charge on any atom is -0.475 e. The molecule has 0 saturated heterocycles. The smallest absolute Gasteiger partial charge is 0.416 e. The lowest BCUT2D eigenvalue weighted by molar-refractivity contribution is -0.137. The number of benzene rings is 2. The average molecular weight is 516 g/mol. The minimum atomic E-state index is -4.44. The van der Waals surface area contributed by atoms with E-state index in [1.807, 2.05) is 6.92 Å². The zero-order valence-corrected chi connectivity index (χ0v) is 19.8. The van der Waals surface area contributed by atoms with Crippen LogP contribution in [0, 0.1) is 5.92 Å². The van der Waals surface area contributed by atoms with Gasteiger partial charge in [-0.25, -0.2) is 19.7 Å². The van der Waals surface area contributed by atoms with Crippen LogP contribution < -0.4 is 5.32 Å². The van der Waals surface area contributed by atoms with Crippen molar-refractivity contribution in [3.8, 4) is 11.4 Å². The van der Waals surface area contributed by atoms with Crippen LogP contribution >= 0.6 is 11.6 Å². The fourth-order valence-corrected chi connectivity index (χ4v) is 4.37. The molecule has 1 aliphatic carbocycles. The molecule has 1 saturated carbocycles. The van der Waals surface area contributed by atoms with Crippen LogP contribution in [0.1, 0.15) is 41.5 Å². The van der Waals surface area contributed by atoms with E-state index in [1.165, 1.54) is 12.1 Å². The molecule has 7 nitrogen and oxygen atoms in total. The number of nitrogens with zero attached hydrogens (tertiary/aromatic N) is 4. The maximum Gasteiger partial charge on any atom is 0.416 e. The number of rotatable bonds is 7. The van der Waals surface area contributed by atoms with Crippen LogP contribution in [0.4, 0.5) is 19.0 Å². The van der Waals surface area contributed by atoms with Gasteiger partial charge in [-0.2, -0.15) is 13.2 Å². The minimum absolute atomic E-state index is 0.0305. The molecular formula is C25H21ClF3N5O2. The molecule has 36 heavy (non-hydrogen) atoms. The molecule has 4 aromatic rings. The Labute approximate surface area is 209 Å². The molecule has 0 unspecified atom stereocenters. The van der Waals surface area contributed by atoms with Gasteiger partial charge in [0.1, 0.15) is 11.3 Å². The zero-order valence-electron chi connectivity index (χ0n) is 19.1. The van der Waals surface area contributed by atoms with Gasteiger partial charge in [0.2, 0.25) is 5.82 Å². The van der Waals surface area contributed by atoms with Crippen LogP contribution in [-0.4, -0.2) is 36.6 Å². The number of carbonyl (C=O) groups is 1. The van der Waals surface area contributed by atoms with E-state index in [4.69, 9.17) is 11.6 Å². The number of fused-ring (bicyclic) bond motifs is 1. The normalized spacial score (nSPS) is 14.7. The summed E-state index contributed by atoms with van der Waals surface area (Å²) in [4.78, 5) is 24.8. The molecule has 0 radical (unpaired) electrons. The van der Waals surface area contributed by atoms with Gasteiger partial charge in [-0.3, -0.25) is 0 Å². The first-order valence-electron chi connectivity index (χ1n) is 11.3. The Kier molecular flexibility index (Phi) is 6.07. The summed E-state index contributed by atoms with van der Waals surface area (Å²) in [7, 11) is 0. The number of nitrogens with one attached hydrogen (secondary N) is 1. The maximum atomic E-state index is 13.1. The highest BCUT2D eigenvalue weighted by atomic mass is 35.5. The van der Waals surface area contributed by atoms with Gasteiger partial charge >= 0.3 is 12.1 Å². The van der Waals surface area contributed by atoms with Crippen molar-refractivity contribution in [3.05, 3.63) is 70.5 Å². The van der Waals surface area contributed by atoms with E-state index in [1.54, 1.807) is 28.8 Å². The van der Waals surface area contributed by atoms with Crippen molar-refractivity contribution in [3.63, 3.8) is 0 Å². The first-order valence-corrected chi connectivity index (χ1v) is 11.7. The number of carboxylic acids is 1. The Bertz CT molecular complexity index is 1450. The Balaban J connectivity index is 1.70.